The zero-order valence-electron chi connectivity index (χ0n) is 39.9. The van der Waals surface area contributed by atoms with Crippen molar-refractivity contribution >= 4 is 29.2 Å². The van der Waals surface area contributed by atoms with Gasteiger partial charge in [-0.1, -0.05) is 27.2 Å². The SMILES string of the molecule is CCCC1=CC(OC2CCC(NC(=O)c3ccc(N4CCC[C@@]5(CC[C@@H](COc6ccc(C7=N[C@@H](CC8NCCO8)C8NNC(C)N8C8SC(C)C(C)C78)cc6)C5)C4)nn3)CC2)=C[CH]C1C#N. The molecule has 3 aliphatic carbocycles. The molecule has 2 aromatic rings. The Hall–Kier alpha value is -4.04. The molecule has 1 aromatic carbocycles. The molecule has 14 nitrogen and oxygen atoms in total. The van der Waals surface area contributed by atoms with Gasteiger partial charge in [-0.15, -0.1) is 22.0 Å². The van der Waals surface area contributed by atoms with Gasteiger partial charge < -0.3 is 24.4 Å². The van der Waals surface area contributed by atoms with Crippen LogP contribution in [0.4, 0.5) is 5.82 Å². The average Bonchev–Trinajstić information content (AvgIpc) is 4.14. The normalized spacial score (nSPS) is 36.3. The van der Waals surface area contributed by atoms with Crippen molar-refractivity contribution in [3.05, 3.63) is 77.6 Å². The summed E-state index contributed by atoms with van der Waals surface area (Å²) in [6, 6.07) is 15.1. The van der Waals surface area contributed by atoms with Crippen molar-refractivity contribution < 1.29 is 19.0 Å². The molecule has 67 heavy (non-hydrogen) atoms. The number of carbonyl (C=O) groups is 1. The van der Waals surface area contributed by atoms with Gasteiger partial charge in [-0.2, -0.15) is 5.26 Å². The molecule has 1 spiro atoms. The first-order valence-electron chi connectivity index (χ1n) is 25.5. The first-order chi connectivity index (χ1) is 32.7. The lowest BCUT2D eigenvalue weighted by molar-refractivity contribution is 0.0700. The van der Waals surface area contributed by atoms with Gasteiger partial charge in [0.15, 0.2) is 11.5 Å². The van der Waals surface area contributed by atoms with Crippen LogP contribution in [0.2, 0.25) is 0 Å². The van der Waals surface area contributed by atoms with Crippen molar-refractivity contribution in [2.75, 3.05) is 37.7 Å². The van der Waals surface area contributed by atoms with Crippen LogP contribution in [0.25, 0.3) is 0 Å². The molecule has 5 aliphatic heterocycles. The first kappa shape index (κ1) is 46.7. The minimum atomic E-state index is -0.170. The summed E-state index contributed by atoms with van der Waals surface area (Å²) in [5, 5.41) is 26.1. The van der Waals surface area contributed by atoms with Crippen molar-refractivity contribution in [2.45, 2.75) is 152 Å². The predicted octanol–water partition coefficient (Wildman–Crippen LogP) is 7.27. The van der Waals surface area contributed by atoms with E-state index in [1.807, 2.05) is 24.6 Å². The zero-order chi connectivity index (χ0) is 46.1. The lowest BCUT2D eigenvalue weighted by atomic mass is 9.78. The van der Waals surface area contributed by atoms with E-state index in [1.165, 1.54) is 24.1 Å². The maximum Gasteiger partial charge on any atom is 0.272 e. The van der Waals surface area contributed by atoms with Crippen molar-refractivity contribution in [2.24, 2.45) is 34.1 Å². The number of nitrogens with one attached hydrogen (secondary N) is 4. The largest absolute Gasteiger partial charge is 0.493 e. The first-order valence-corrected chi connectivity index (χ1v) is 26.4. The minimum Gasteiger partial charge on any atom is -0.493 e. The fourth-order valence-corrected chi connectivity index (χ4v) is 14.3. The van der Waals surface area contributed by atoms with Crippen molar-refractivity contribution in [3.63, 3.8) is 0 Å². The fraction of sp³-hybridized carbons (Fsp3) is 0.654. The van der Waals surface area contributed by atoms with Crippen LogP contribution in [-0.2, 0) is 9.47 Å². The van der Waals surface area contributed by atoms with E-state index in [2.05, 4.69) is 117 Å². The molecule has 1 radical (unpaired) electrons. The molecule has 359 valence electrons. The van der Waals surface area contributed by atoms with Gasteiger partial charge in [0.2, 0.25) is 0 Å². The number of hydrogen-bond donors (Lipinski definition) is 4. The molecule has 6 heterocycles. The topological polar surface area (TPSA) is 161 Å². The fourth-order valence-electron chi connectivity index (χ4n) is 12.4. The number of hydrazine groups is 1. The third kappa shape index (κ3) is 10.2. The second-order valence-corrected chi connectivity index (χ2v) is 22.3. The highest BCUT2D eigenvalue weighted by molar-refractivity contribution is 8.00. The summed E-state index contributed by atoms with van der Waals surface area (Å²) < 4.78 is 18.9. The number of aliphatic imine (C=N–C) groups is 1. The van der Waals surface area contributed by atoms with E-state index >= 15 is 0 Å². The molecule has 1 amide bonds. The zero-order valence-corrected chi connectivity index (χ0v) is 40.7. The van der Waals surface area contributed by atoms with Gasteiger partial charge in [-0.25, -0.2) is 10.9 Å². The number of anilines is 1. The number of piperidine rings is 1. The second-order valence-electron chi connectivity index (χ2n) is 20.8. The van der Waals surface area contributed by atoms with E-state index in [-0.39, 0.29) is 54.0 Å². The maximum atomic E-state index is 13.3. The quantitative estimate of drug-likeness (QED) is 0.159. The number of allylic oxidation sites excluding steroid dienone is 3. The molecule has 6 fully saturated rings. The van der Waals surface area contributed by atoms with Crippen molar-refractivity contribution in [3.8, 4) is 11.8 Å². The summed E-state index contributed by atoms with van der Waals surface area (Å²) in [5.74, 6) is 3.59. The Morgan fingerprint density at radius 3 is 2.67 bits per heavy atom. The summed E-state index contributed by atoms with van der Waals surface area (Å²) in [7, 11) is 0. The molecule has 15 heteroatoms. The van der Waals surface area contributed by atoms with E-state index in [0.29, 0.717) is 34.1 Å². The number of benzene rings is 1. The number of amides is 1. The molecule has 11 atom stereocenters. The lowest BCUT2D eigenvalue weighted by Gasteiger charge is -2.41. The lowest BCUT2D eigenvalue weighted by Crippen LogP contribution is -2.51. The Morgan fingerprint density at radius 1 is 1.06 bits per heavy atom. The maximum absolute atomic E-state index is 13.3. The van der Waals surface area contributed by atoms with E-state index in [1.54, 1.807) is 0 Å². The van der Waals surface area contributed by atoms with E-state index in [9.17, 15) is 10.1 Å². The van der Waals surface area contributed by atoms with Gasteiger partial charge in [0.25, 0.3) is 5.91 Å². The Bertz CT molecular complexity index is 2190. The minimum absolute atomic E-state index is 0.0193. The molecule has 8 aliphatic rings. The number of carbonyl (C=O) groups excluding carboxylic acids is 1. The third-order valence-corrected chi connectivity index (χ3v) is 17.9. The highest BCUT2D eigenvalue weighted by Crippen LogP contribution is 2.50. The van der Waals surface area contributed by atoms with Crippen LogP contribution in [0.15, 0.2) is 64.9 Å². The smallest absolute Gasteiger partial charge is 0.272 e. The van der Waals surface area contributed by atoms with Crippen LogP contribution < -0.4 is 31.1 Å². The van der Waals surface area contributed by atoms with Gasteiger partial charge in [0, 0.05) is 55.4 Å². The molecule has 0 bridgehead atoms. The number of ether oxygens (including phenoxy) is 3. The van der Waals surface area contributed by atoms with Gasteiger partial charge in [0.05, 0.1) is 55.1 Å². The third-order valence-electron chi connectivity index (χ3n) is 16.2. The Balaban J connectivity index is 0.708. The molecule has 1 aromatic heterocycles. The second kappa shape index (κ2) is 20.5. The molecule has 4 saturated heterocycles. The highest BCUT2D eigenvalue weighted by Gasteiger charge is 2.53. The number of hydrogen-bond acceptors (Lipinski definition) is 14. The van der Waals surface area contributed by atoms with Gasteiger partial charge in [-0.05, 0) is 148 Å². The van der Waals surface area contributed by atoms with Crippen LogP contribution >= 0.6 is 11.8 Å². The molecular weight excluding hydrogens is 861 g/mol. The van der Waals surface area contributed by atoms with Gasteiger partial charge in [-0.3, -0.25) is 20.0 Å². The number of aromatic nitrogens is 2. The number of nitrogens with zero attached hydrogens (tertiary/aromatic N) is 6. The molecular formula is C52H71N10O4S. The van der Waals surface area contributed by atoms with Crippen LogP contribution in [0, 0.1) is 46.8 Å². The summed E-state index contributed by atoms with van der Waals surface area (Å²) in [5.41, 5.74) is 11.3. The Labute approximate surface area is 401 Å². The molecule has 8 unspecified atom stereocenters. The molecule has 4 N–H and O–H groups in total. The Kier molecular flexibility index (Phi) is 14.3. The van der Waals surface area contributed by atoms with E-state index in [0.717, 1.165) is 120 Å². The number of fused-ring (bicyclic) bond motifs is 3. The van der Waals surface area contributed by atoms with E-state index in [4.69, 9.17) is 19.2 Å². The summed E-state index contributed by atoms with van der Waals surface area (Å²) in [6.45, 7) is 13.4. The summed E-state index contributed by atoms with van der Waals surface area (Å²) >= 11 is 2.10. The van der Waals surface area contributed by atoms with Gasteiger partial charge in [0.1, 0.15) is 17.7 Å². The van der Waals surface area contributed by atoms with E-state index < -0.39 is 0 Å². The van der Waals surface area contributed by atoms with Crippen LogP contribution in [0.3, 0.4) is 0 Å². The highest BCUT2D eigenvalue weighted by atomic mass is 32.2. The summed E-state index contributed by atoms with van der Waals surface area (Å²) in [6.07, 6.45) is 18.3. The molecule has 10 rings (SSSR count). The van der Waals surface area contributed by atoms with Crippen LogP contribution in [0.5, 0.6) is 5.75 Å². The molecule has 2 saturated carbocycles. The van der Waals surface area contributed by atoms with Crippen molar-refractivity contribution in [1.29, 1.82) is 5.26 Å². The number of nitriles is 1. The average molecular weight is 932 g/mol. The van der Waals surface area contributed by atoms with Crippen molar-refractivity contribution in [1.82, 2.24) is 36.6 Å². The van der Waals surface area contributed by atoms with Crippen LogP contribution in [0.1, 0.15) is 121 Å². The van der Waals surface area contributed by atoms with Crippen LogP contribution in [-0.4, -0.2) is 107 Å². The monoisotopic (exact) mass is 932 g/mol. The number of rotatable bonds is 13. The Morgan fingerprint density at radius 2 is 1.91 bits per heavy atom. The summed E-state index contributed by atoms with van der Waals surface area (Å²) in [4.78, 5) is 24.0. The van der Waals surface area contributed by atoms with Gasteiger partial charge >= 0.3 is 0 Å². The number of thioether (sulfide) groups is 1. The standard InChI is InChI=1S/C52H71N10O4S/c1-5-7-37-26-42(15-10-38(37)29-53)66-41-16-11-39(12-17-41)55-50(63)43-18-19-45(59-58-43)61-24-6-21-52(31-61)22-20-35(28-52)30-65-40-13-8-36(9-14-40)48-47-32(2)33(3)67-51(47)62-34(4)57-60-49(62)44(56-48)27-46-54-23-25-64-46/h8-10,13-15,18-19,26,32-35,38-39,41,44,46-47,49,51,54,57,60H,5-7,11-12,16-17,20-25,27-28,30-31H2,1-4H3,(H,55,63)/t32?,33?,34?,35-,38?,39?,41?,44+,46?,47?,49?,51?,52+/m1/s1. The predicted molar refractivity (Wildman–Crippen MR) is 262 cm³/mol.